The Labute approximate surface area is 159 Å². The highest BCUT2D eigenvalue weighted by atomic mass is 19.4. The molecule has 1 aromatic carbocycles. The van der Waals surface area contributed by atoms with E-state index in [1.54, 1.807) is 19.1 Å². The standard InChI is InChI=1S/C18H19F3N6O/c1-11-2-4-12(5-3-11)16(18(19,20)21)23-13(8-15-24-26-27-25-15)14(28)9-17(10-22)6-7-17/h2-5,13,16,23H,6-9H2,1H3,(H,24,25,26,27)/t13-,16-/m0/s1. The summed E-state index contributed by atoms with van der Waals surface area (Å²) in [6.45, 7) is 1.78. The van der Waals surface area contributed by atoms with Gasteiger partial charge in [-0.1, -0.05) is 35.0 Å². The number of carbonyl (C=O) groups is 1. The zero-order valence-corrected chi connectivity index (χ0v) is 15.1. The third-order valence-corrected chi connectivity index (χ3v) is 4.87. The molecule has 2 aromatic rings. The summed E-state index contributed by atoms with van der Waals surface area (Å²) in [6, 6.07) is 4.80. The van der Waals surface area contributed by atoms with Crippen LogP contribution in [0.2, 0.25) is 0 Å². The van der Waals surface area contributed by atoms with Crippen molar-refractivity contribution < 1.29 is 18.0 Å². The fourth-order valence-electron chi connectivity index (χ4n) is 2.99. The Morgan fingerprint density at radius 1 is 1.36 bits per heavy atom. The van der Waals surface area contributed by atoms with Crippen LogP contribution in [0.5, 0.6) is 0 Å². The lowest BCUT2D eigenvalue weighted by molar-refractivity contribution is -0.160. The molecule has 0 aliphatic heterocycles. The Morgan fingerprint density at radius 2 is 2.04 bits per heavy atom. The maximum atomic E-state index is 13.7. The molecule has 0 spiro atoms. The zero-order chi connectivity index (χ0) is 20.4. The first-order valence-corrected chi connectivity index (χ1v) is 8.78. The second-order valence-electron chi connectivity index (χ2n) is 7.17. The van der Waals surface area contributed by atoms with Gasteiger partial charge in [-0.05, 0) is 25.3 Å². The van der Waals surface area contributed by atoms with Crippen LogP contribution in [0.3, 0.4) is 0 Å². The molecule has 28 heavy (non-hydrogen) atoms. The fourth-order valence-corrected chi connectivity index (χ4v) is 2.99. The first-order chi connectivity index (χ1) is 13.2. The van der Waals surface area contributed by atoms with Crippen molar-refractivity contribution in [2.75, 3.05) is 0 Å². The topological polar surface area (TPSA) is 107 Å². The van der Waals surface area contributed by atoms with Gasteiger partial charge in [-0.2, -0.15) is 23.6 Å². The molecular weight excluding hydrogens is 373 g/mol. The summed E-state index contributed by atoms with van der Waals surface area (Å²) in [4.78, 5) is 12.8. The van der Waals surface area contributed by atoms with Crippen molar-refractivity contribution in [3.63, 3.8) is 0 Å². The number of rotatable bonds is 8. The molecule has 0 bridgehead atoms. The van der Waals surface area contributed by atoms with Gasteiger partial charge < -0.3 is 0 Å². The van der Waals surface area contributed by atoms with Gasteiger partial charge in [0, 0.05) is 12.8 Å². The summed E-state index contributed by atoms with van der Waals surface area (Å²) in [5, 5.41) is 24.7. The van der Waals surface area contributed by atoms with E-state index in [0.717, 1.165) is 5.56 Å². The average Bonchev–Trinajstić information content (AvgIpc) is 3.22. The molecule has 7 nitrogen and oxygen atoms in total. The molecule has 148 valence electrons. The van der Waals surface area contributed by atoms with Crippen molar-refractivity contribution in [1.29, 1.82) is 5.26 Å². The third-order valence-electron chi connectivity index (χ3n) is 4.87. The van der Waals surface area contributed by atoms with Crippen molar-refractivity contribution in [2.24, 2.45) is 5.41 Å². The maximum Gasteiger partial charge on any atom is 0.407 e. The van der Waals surface area contributed by atoms with Crippen LogP contribution in [0.1, 0.15) is 42.3 Å². The Balaban J connectivity index is 1.85. The van der Waals surface area contributed by atoms with Gasteiger partial charge >= 0.3 is 6.18 Å². The summed E-state index contributed by atoms with van der Waals surface area (Å²) in [6.07, 6.45) is -3.72. The summed E-state index contributed by atoms with van der Waals surface area (Å²) in [5.74, 6) is -0.345. The zero-order valence-electron chi connectivity index (χ0n) is 15.1. The quantitative estimate of drug-likeness (QED) is 0.715. The second kappa shape index (κ2) is 7.67. The molecule has 2 atom stereocenters. The number of hydrogen-bond acceptors (Lipinski definition) is 6. The Hall–Kier alpha value is -2.80. The van der Waals surface area contributed by atoms with Crippen molar-refractivity contribution in [2.45, 2.75) is 50.9 Å². The highest BCUT2D eigenvalue weighted by molar-refractivity contribution is 5.85. The van der Waals surface area contributed by atoms with Gasteiger partial charge in [-0.25, -0.2) is 0 Å². The van der Waals surface area contributed by atoms with E-state index >= 15 is 0 Å². The van der Waals surface area contributed by atoms with Crippen molar-refractivity contribution in [1.82, 2.24) is 25.9 Å². The number of carbonyl (C=O) groups excluding carboxylic acids is 1. The Bertz CT molecular complexity index is 853. The normalized spacial score (nSPS) is 17.5. The molecule has 0 saturated heterocycles. The van der Waals surface area contributed by atoms with Crippen LogP contribution in [0.25, 0.3) is 0 Å². The van der Waals surface area contributed by atoms with Gasteiger partial charge in [0.15, 0.2) is 11.6 Å². The van der Waals surface area contributed by atoms with E-state index in [1.807, 2.05) is 0 Å². The number of nitriles is 1. The van der Waals surface area contributed by atoms with Gasteiger partial charge in [-0.3, -0.25) is 10.1 Å². The highest BCUT2D eigenvalue weighted by Gasteiger charge is 2.47. The monoisotopic (exact) mass is 392 g/mol. The molecule has 1 aliphatic rings. The predicted octanol–water partition coefficient (Wildman–Crippen LogP) is 2.58. The molecular formula is C18H19F3N6O. The third kappa shape index (κ3) is 4.72. The van der Waals surface area contributed by atoms with E-state index in [1.165, 1.54) is 12.1 Å². The number of tetrazole rings is 1. The first-order valence-electron chi connectivity index (χ1n) is 8.78. The molecule has 1 heterocycles. The van der Waals surface area contributed by atoms with Crippen LogP contribution in [0.15, 0.2) is 24.3 Å². The number of hydrogen-bond donors (Lipinski definition) is 2. The number of alkyl halides is 3. The number of Topliss-reactive ketones (excluding diaryl/α,β-unsaturated/α-hetero) is 1. The summed E-state index contributed by atoms with van der Waals surface area (Å²) in [5.41, 5.74) is 0.0745. The predicted molar refractivity (Wildman–Crippen MR) is 91.7 cm³/mol. The van der Waals surface area contributed by atoms with Gasteiger partial charge in [0.25, 0.3) is 0 Å². The minimum Gasteiger partial charge on any atom is -0.298 e. The summed E-state index contributed by atoms with van der Waals surface area (Å²) in [7, 11) is 0. The Morgan fingerprint density at radius 3 is 2.54 bits per heavy atom. The molecule has 1 aliphatic carbocycles. The SMILES string of the molecule is Cc1ccc([C@H](N[C@@H](Cc2nn[nH]n2)C(=O)CC2(C#N)CC2)C(F)(F)F)cc1. The molecule has 0 radical (unpaired) electrons. The van der Waals surface area contributed by atoms with Gasteiger partial charge in [0.1, 0.15) is 6.04 Å². The number of H-pyrrole nitrogens is 1. The minimum atomic E-state index is -4.61. The molecule has 2 N–H and O–H groups in total. The van der Waals surface area contributed by atoms with Crippen LogP contribution in [-0.4, -0.2) is 38.6 Å². The van der Waals surface area contributed by atoms with E-state index in [0.29, 0.717) is 12.8 Å². The second-order valence-corrected chi connectivity index (χ2v) is 7.17. The number of nitrogens with one attached hydrogen (secondary N) is 2. The number of aromatic nitrogens is 4. The number of aryl methyl sites for hydroxylation is 1. The molecule has 1 fully saturated rings. The number of halogens is 3. The molecule has 1 aromatic heterocycles. The summed E-state index contributed by atoms with van der Waals surface area (Å²) < 4.78 is 41.2. The van der Waals surface area contributed by atoms with E-state index < -0.39 is 29.5 Å². The molecule has 3 rings (SSSR count). The number of ketones is 1. The number of aromatic amines is 1. The lowest BCUT2D eigenvalue weighted by Gasteiger charge is -2.27. The van der Waals surface area contributed by atoms with Gasteiger partial charge in [0.2, 0.25) is 0 Å². The smallest absolute Gasteiger partial charge is 0.298 e. The van der Waals surface area contributed by atoms with Crippen LogP contribution in [0.4, 0.5) is 13.2 Å². The van der Waals surface area contributed by atoms with Gasteiger partial charge in [-0.15, -0.1) is 10.2 Å². The van der Waals surface area contributed by atoms with Crippen molar-refractivity contribution in [3.05, 3.63) is 41.2 Å². The molecule has 0 unspecified atom stereocenters. The van der Waals surface area contributed by atoms with E-state index in [-0.39, 0.29) is 24.2 Å². The van der Waals surface area contributed by atoms with Crippen molar-refractivity contribution in [3.8, 4) is 6.07 Å². The first kappa shape index (κ1) is 19.9. The largest absolute Gasteiger partial charge is 0.407 e. The van der Waals surface area contributed by atoms with E-state index in [2.05, 4.69) is 32.0 Å². The van der Waals surface area contributed by atoms with Gasteiger partial charge in [0.05, 0.1) is 17.5 Å². The van der Waals surface area contributed by atoms with Crippen LogP contribution < -0.4 is 5.32 Å². The molecule has 10 heteroatoms. The lowest BCUT2D eigenvalue weighted by atomic mass is 9.94. The van der Waals surface area contributed by atoms with Crippen LogP contribution >= 0.6 is 0 Å². The van der Waals surface area contributed by atoms with E-state index in [9.17, 15) is 23.2 Å². The maximum absolute atomic E-state index is 13.7. The lowest BCUT2D eigenvalue weighted by Crippen LogP contribution is -2.46. The Kier molecular flexibility index (Phi) is 5.47. The fraction of sp³-hybridized carbons (Fsp3) is 0.500. The number of nitrogens with zero attached hydrogens (tertiary/aromatic N) is 4. The molecule has 1 saturated carbocycles. The van der Waals surface area contributed by atoms with E-state index in [4.69, 9.17) is 0 Å². The highest BCUT2D eigenvalue weighted by Crippen LogP contribution is 2.48. The minimum absolute atomic E-state index is 0.00503. The van der Waals surface area contributed by atoms with Crippen LogP contribution in [-0.2, 0) is 11.2 Å². The van der Waals surface area contributed by atoms with Crippen molar-refractivity contribution >= 4 is 5.78 Å². The average molecular weight is 392 g/mol. The molecule has 0 amide bonds. The summed E-state index contributed by atoms with van der Waals surface area (Å²) >= 11 is 0. The number of benzene rings is 1. The van der Waals surface area contributed by atoms with Crippen LogP contribution in [0, 0.1) is 23.7 Å².